The van der Waals surface area contributed by atoms with Crippen LogP contribution in [0, 0.1) is 0 Å². The number of hydrogen-bond donors (Lipinski definition) is 2. The standard InChI is InChI=1S/C21H18N2O3S/c24-11-17-16-3-1-13(7-12(16)2-4-18(17)25)19-5-6-20(27-19)21(26)23-10-14-8-15(23)9-22-14/h1-7,11,14-15,22,25H,8-10H2. The quantitative estimate of drug-likeness (QED) is 0.687. The summed E-state index contributed by atoms with van der Waals surface area (Å²) in [6.07, 6.45) is 1.73. The molecule has 2 aliphatic heterocycles. The number of carbonyl (C=O) groups is 2. The van der Waals surface area contributed by atoms with Gasteiger partial charge in [0, 0.05) is 30.1 Å². The second kappa shape index (κ2) is 6.18. The summed E-state index contributed by atoms with van der Waals surface area (Å²) in [6, 6.07) is 13.8. The van der Waals surface area contributed by atoms with Gasteiger partial charge in [0.15, 0.2) is 6.29 Å². The molecule has 2 atom stereocenters. The molecule has 5 rings (SSSR count). The Kier molecular flexibility index (Phi) is 3.77. The Morgan fingerprint density at radius 1 is 1.22 bits per heavy atom. The topological polar surface area (TPSA) is 69.6 Å². The summed E-state index contributed by atoms with van der Waals surface area (Å²) in [5.74, 6) is 0.109. The molecule has 2 fully saturated rings. The highest BCUT2D eigenvalue weighted by atomic mass is 32.1. The third-order valence-electron chi connectivity index (χ3n) is 5.58. The normalized spacial score (nSPS) is 21.1. The van der Waals surface area contributed by atoms with E-state index in [1.165, 1.54) is 17.4 Å². The molecular weight excluding hydrogens is 360 g/mol. The Morgan fingerprint density at radius 3 is 2.85 bits per heavy atom. The first-order valence-electron chi connectivity index (χ1n) is 8.99. The number of nitrogens with zero attached hydrogens (tertiary/aromatic N) is 1. The summed E-state index contributed by atoms with van der Waals surface area (Å²) in [7, 11) is 0. The van der Waals surface area contributed by atoms with E-state index < -0.39 is 0 Å². The molecule has 2 aliphatic rings. The maximum absolute atomic E-state index is 12.9. The predicted molar refractivity (Wildman–Crippen MR) is 106 cm³/mol. The lowest BCUT2D eigenvalue weighted by Gasteiger charge is -2.26. The minimum atomic E-state index is -0.0105. The number of aldehydes is 1. The fourth-order valence-electron chi connectivity index (χ4n) is 4.18. The zero-order valence-corrected chi connectivity index (χ0v) is 15.3. The summed E-state index contributed by atoms with van der Waals surface area (Å²) in [5, 5.41) is 14.9. The van der Waals surface area contributed by atoms with E-state index in [1.807, 2.05) is 35.2 Å². The zero-order valence-electron chi connectivity index (χ0n) is 14.5. The first-order chi connectivity index (χ1) is 13.1. The lowest BCUT2D eigenvalue weighted by atomic mass is 10.0. The van der Waals surface area contributed by atoms with Crippen LogP contribution in [0.4, 0.5) is 0 Å². The minimum Gasteiger partial charge on any atom is -0.507 e. The number of phenolic OH excluding ortho intramolecular Hbond substituents is 1. The second-order valence-electron chi connectivity index (χ2n) is 7.17. The predicted octanol–water partition coefficient (Wildman–Crippen LogP) is 3.27. The van der Waals surface area contributed by atoms with Crippen molar-refractivity contribution in [3.05, 3.63) is 52.9 Å². The smallest absolute Gasteiger partial charge is 0.264 e. The molecule has 3 heterocycles. The molecule has 2 bridgehead atoms. The van der Waals surface area contributed by atoms with E-state index >= 15 is 0 Å². The average molecular weight is 378 g/mol. The molecule has 2 unspecified atom stereocenters. The third-order valence-corrected chi connectivity index (χ3v) is 6.70. The molecule has 1 amide bonds. The Labute approximate surface area is 160 Å². The largest absolute Gasteiger partial charge is 0.507 e. The van der Waals surface area contributed by atoms with Gasteiger partial charge in [0.05, 0.1) is 10.4 Å². The minimum absolute atomic E-state index is 0.0105. The van der Waals surface area contributed by atoms with Gasteiger partial charge in [-0.3, -0.25) is 9.59 Å². The van der Waals surface area contributed by atoms with Gasteiger partial charge in [0.2, 0.25) is 0 Å². The van der Waals surface area contributed by atoms with Crippen LogP contribution < -0.4 is 5.32 Å². The Morgan fingerprint density at radius 2 is 2.11 bits per heavy atom. The molecule has 5 nitrogen and oxygen atoms in total. The summed E-state index contributed by atoms with van der Waals surface area (Å²) >= 11 is 1.50. The van der Waals surface area contributed by atoms with Crippen molar-refractivity contribution in [3.8, 4) is 16.2 Å². The van der Waals surface area contributed by atoms with Crippen LogP contribution in [0.15, 0.2) is 42.5 Å². The fraction of sp³-hybridized carbons (Fsp3) is 0.238. The number of thiophene rings is 1. The molecule has 2 N–H and O–H groups in total. The number of aromatic hydroxyl groups is 1. The van der Waals surface area contributed by atoms with Gasteiger partial charge in [0.25, 0.3) is 5.91 Å². The van der Waals surface area contributed by atoms with E-state index in [2.05, 4.69) is 5.32 Å². The molecule has 2 saturated heterocycles. The molecule has 0 spiro atoms. The summed E-state index contributed by atoms with van der Waals surface area (Å²) in [6.45, 7) is 1.69. The first-order valence-corrected chi connectivity index (χ1v) is 9.81. The molecule has 6 heteroatoms. The first kappa shape index (κ1) is 16.5. The van der Waals surface area contributed by atoms with Crippen molar-refractivity contribution in [2.45, 2.75) is 18.5 Å². The number of phenols is 1. The molecule has 2 aromatic carbocycles. The Balaban J connectivity index is 1.46. The van der Waals surface area contributed by atoms with Crippen molar-refractivity contribution in [3.63, 3.8) is 0 Å². The SMILES string of the molecule is O=Cc1c(O)ccc2cc(-c3ccc(C(=O)N4CC5CC4CN5)s3)ccc12. The molecule has 3 aromatic rings. The van der Waals surface area contributed by atoms with Crippen LogP contribution in [-0.4, -0.2) is 47.4 Å². The molecule has 0 radical (unpaired) electrons. The maximum atomic E-state index is 12.9. The van der Waals surface area contributed by atoms with E-state index in [4.69, 9.17) is 0 Å². The Bertz CT molecular complexity index is 1070. The van der Waals surface area contributed by atoms with Gasteiger partial charge in [-0.2, -0.15) is 0 Å². The highest BCUT2D eigenvalue weighted by Crippen LogP contribution is 2.34. The number of fused-ring (bicyclic) bond motifs is 3. The van der Waals surface area contributed by atoms with Gasteiger partial charge in [0.1, 0.15) is 5.75 Å². The lowest BCUT2D eigenvalue weighted by molar-refractivity contribution is 0.0721. The molecule has 136 valence electrons. The van der Waals surface area contributed by atoms with E-state index in [0.29, 0.717) is 23.9 Å². The number of rotatable bonds is 3. The maximum Gasteiger partial charge on any atom is 0.264 e. The summed E-state index contributed by atoms with van der Waals surface area (Å²) in [4.78, 5) is 27.9. The van der Waals surface area contributed by atoms with Crippen molar-refractivity contribution >= 4 is 34.3 Å². The van der Waals surface area contributed by atoms with Crippen molar-refractivity contribution < 1.29 is 14.7 Å². The van der Waals surface area contributed by atoms with Crippen molar-refractivity contribution in [2.75, 3.05) is 13.1 Å². The molecule has 1 aromatic heterocycles. The average Bonchev–Trinajstić information content (AvgIpc) is 3.43. The van der Waals surface area contributed by atoms with Crippen LogP contribution in [0.5, 0.6) is 5.75 Å². The van der Waals surface area contributed by atoms with Crippen LogP contribution in [0.1, 0.15) is 26.5 Å². The monoisotopic (exact) mass is 378 g/mol. The van der Waals surface area contributed by atoms with E-state index in [9.17, 15) is 14.7 Å². The van der Waals surface area contributed by atoms with Gasteiger partial charge < -0.3 is 15.3 Å². The molecule has 27 heavy (non-hydrogen) atoms. The highest BCUT2D eigenvalue weighted by Gasteiger charge is 2.40. The van der Waals surface area contributed by atoms with Crippen LogP contribution in [0.25, 0.3) is 21.2 Å². The van der Waals surface area contributed by atoms with Gasteiger partial charge >= 0.3 is 0 Å². The van der Waals surface area contributed by atoms with Crippen molar-refractivity contribution in [1.82, 2.24) is 10.2 Å². The number of amides is 1. The van der Waals surface area contributed by atoms with Crippen molar-refractivity contribution in [1.29, 1.82) is 0 Å². The van der Waals surface area contributed by atoms with Gasteiger partial charge in [-0.15, -0.1) is 11.3 Å². The van der Waals surface area contributed by atoms with Gasteiger partial charge in [-0.25, -0.2) is 0 Å². The van der Waals surface area contributed by atoms with E-state index in [0.717, 1.165) is 45.6 Å². The zero-order chi connectivity index (χ0) is 18.5. The molecular formula is C21H18N2O3S. The second-order valence-corrected chi connectivity index (χ2v) is 8.25. The summed E-state index contributed by atoms with van der Waals surface area (Å²) < 4.78 is 0. The molecule has 0 aliphatic carbocycles. The Hall–Kier alpha value is -2.70. The number of likely N-dealkylation sites (tertiary alicyclic amines) is 1. The number of carbonyl (C=O) groups excluding carboxylic acids is 2. The van der Waals surface area contributed by atoms with Crippen molar-refractivity contribution in [2.24, 2.45) is 0 Å². The van der Waals surface area contributed by atoms with Crippen LogP contribution in [-0.2, 0) is 0 Å². The van der Waals surface area contributed by atoms with Crippen LogP contribution in [0.2, 0.25) is 0 Å². The number of benzene rings is 2. The van der Waals surface area contributed by atoms with E-state index in [-0.39, 0.29) is 11.7 Å². The van der Waals surface area contributed by atoms with E-state index in [1.54, 1.807) is 6.07 Å². The van der Waals surface area contributed by atoms with Gasteiger partial charge in [-0.05, 0) is 47.0 Å². The van der Waals surface area contributed by atoms with Crippen LogP contribution in [0.3, 0.4) is 0 Å². The number of nitrogens with one attached hydrogen (secondary N) is 1. The lowest BCUT2D eigenvalue weighted by Crippen LogP contribution is -2.46. The van der Waals surface area contributed by atoms with Gasteiger partial charge in [-0.1, -0.05) is 18.2 Å². The number of hydrogen-bond acceptors (Lipinski definition) is 5. The third kappa shape index (κ3) is 2.64. The highest BCUT2D eigenvalue weighted by molar-refractivity contribution is 7.17. The number of piperazine rings is 1. The van der Waals surface area contributed by atoms with Crippen LogP contribution >= 0.6 is 11.3 Å². The molecule has 0 saturated carbocycles. The fourth-order valence-corrected chi connectivity index (χ4v) is 5.14. The summed E-state index contributed by atoms with van der Waals surface area (Å²) in [5.41, 5.74) is 1.30.